The Morgan fingerprint density at radius 3 is 2.56 bits per heavy atom. The zero-order valence-corrected chi connectivity index (χ0v) is 20.8. The van der Waals surface area contributed by atoms with Crippen LogP contribution in [0.5, 0.6) is 0 Å². The quantitative estimate of drug-likeness (QED) is 0.167. The van der Waals surface area contributed by atoms with E-state index in [4.69, 9.17) is 28.8 Å². The van der Waals surface area contributed by atoms with Crippen LogP contribution in [-0.2, 0) is 6.42 Å². The van der Waals surface area contributed by atoms with Crippen LogP contribution in [0.3, 0.4) is 0 Å². The van der Waals surface area contributed by atoms with E-state index in [0.29, 0.717) is 28.6 Å². The molecule has 0 aliphatic carbocycles. The Morgan fingerprint density at radius 1 is 1.03 bits per heavy atom. The summed E-state index contributed by atoms with van der Waals surface area (Å²) in [7, 11) is 0. The third kappa shape index (κ3) is 6.09. The molecule has 2 heterocycles. The van der Waals surface area contributed by atoms with Crippen molar-refractivity contribution in [2.75, 3.05) is 17.2 Å². The van der Waals surface area contributed by atoms with Gasteiger partial charge in [0.15, 0.2) is 5.11 Å². The number of aromatic nitrogens is 3. The van der Waals surface area contributed by atoms with E-state index in [0.717, 1.165) is 45.5 Å². The number of hydrogen-bond donors (Lipinski definition) is 4. The molecule has 0 amide bonds. The van der Waals surface area contributed by atoms with E-state index in [1.54, 1.807) is 0 Å². The fraction of sp³-hybridized carbons (Fsp3) is 0.200. The first-order valence-corrected chi connectivity index (χ1v) is 11.7. The largest absolute Gasteiger partial charge is 0.361 e. The van der Waals surface area contributed by atoms with E-state index >= 15 is 0 Å². The van der Waals surface area contributed by atoms with Gasteiger partial charge in [0.25, 0.3) is 0 Å². The number of nitrogens with zero attached hydrogens (tertiary/aromatic N) is 3. The average Bonchev–Trinajstić information content (AvgIpc) is 3.16. The Kier molecular flexibility index (Phi) is 7.40. The minimum atomic E-state index is 0.420. The maximum atomic E-state index is 6.19. The van der Waals surface area contributed by atoms with E-state index in [-0.39, 0.29) is 0 Å². The number of hydrogen-bond acceptors (Lipinski definition) is 4. The number of halogens is 1. The normalized spacial score (nSPS) is 11.5. The molecule has 0 fully saturated rings. The minimum Gasteiger partial charge on any atom is -0.361 e. The molecule has 0 unspecified atom stereocenters. The molecule has 174 valence electrons. The van der Waals surface area contributed by atoms with Crippen LogP contribution in [0.25, 0.3) is 10.9 Å². The van der Waals surface area contributed by atoms with Crippen molar-refractivity contribution < 1.29 is 0 Å². The van der Waals surface area contributed by atoms with Crippen molar-refractivity contribution in [2.45, 2.75) is 27.2 Å². The number of H-pyrrole nitrogens is 1. The van der Waals surface area contributed by atoms with Crippen molar-refractivity contribution in [1.82, 2.24) is 20.3 Å². The van der Waals surface area contributed by atoms with Gasteiger partial charge in [0.05, 0.1) is 0 Å². The van der Waals surface area contributed by atoms with E-state index in [9.17, 15) is 0 Å². The second-order valence-corrected chi connectivity index (χ2v) is 8.82. The van der Waals surface area contributed by atoms with Crippen molar-refractivity contribution in [3.8, 4) is 0 Å². The predicted molar refractivity (Wildman–Crippen MR) is 145 cm³/mol. The summed E-state index contributed by atoms with van der Waals surface area (Å²) in [5.74, 6) is 0.926. The molecular weight excluding hydrogens is 466 g/mol. The molecule has 4 aromatic rings. The Hall–Kier alpha value is -3.49. The number of aliphatic imine (C=N–C) groups is 1. The fourth-order valence-electron chi connectivity index (χ4n) is 3.62. The molecule has 0 spiro atoms. The monoisotopic (exact) mass is 491 g/mol. The lowest BCUT2D eigenvalue weighted by atomic mass is 10.1. The highest BCUT2D eigenvalue weighted by Crippen LogP contribution is 2.22. The Bertz CT molecular complexity index is 1340. The standard InChI is InChI=1S/C25H26ClN7S/c1-15-6-4-5-7-21(15)31-25(34)33-23(32-24-29-16(2)12-17(3)30-24)27-11-10-18-14-28-22-9-8-19(26)13-20(18)22/h4-9,12-14,28H,10-11H2,1-3H3,(H3,27,29,30,31,32,33,34). The molecule has 2 aromatic carbocycles. The first-order chi connectivity index (χ1) is 16.4. The molecule has 4 N–H and O–H groups in total. The molecule has 0 saturated heterocycles. The number of thiocarbonyl (C=S) groups is 1. The van der Waals surface area contributed by atoms with Gasteiger partial charge in [-0.15, -0.1) is 0 Å². The number of nitrogens with one attached hydrogen (secondary N) is 4. The van der Waals surface area contributed by atoms with Crippen molar-refractivity contribution in [3.63, 3.8) is 0 Å². The zero-order valence-electron chi connectivity index (χ0n) is 19.2. The van der Waals surface area contributed by atoms with Crippen molar-refractivity contribution >= 4 is 57.4 Å². The van der Waals surface area contributed by atoms with Crippen molar-refractivity contribution in [1.29, 1.82) is 0 Å². The molecule has 0 aliphatic heterocycles. The number of fused-ring (bicyclic) bond motifs is 1. The smallest absolute Gasteiger partial charge is 0.229 e. The van der Waals surface area contributed by atoms with Crippen LogP contribution in [0.4, 0.5) is 11.6 Å². The van der Waals surface area contributed by atoms with Crippen molar-refractivity contribution in [3.05, 3.63) is 82.3 Å². The van der Waals surface area contributed by atoms with Gasteiger partial charge in [-0.25, -0.2) is 9.97 Å². The van der Waals surface area contributed by atoms with E-state index < -0.39 is 0 Å². The molecule has 0 saturated carbocycles. The number of rotatable bonds is 5. The first kappa shape index (κ1) is 23.7. The van der Waals surface area contributed by atoms with Crippen LogP contribution in [0.2, 0.25) is 5.02 Å². The Labute approximate surface area is 209 Å². The van der Waals surface area contributed by atoms with Crippen LogP contribution >= 0.6 is 23.8 Å². The minimum absolute atomic E-state index is 0.420. The summed E-state index contributed by atoms with van der Waals surface area (Å²) < 4.78 is 0. The summed E-state index contributed by atoms with van der Waals surface area (Å²) >= 11 is 11.7. The van der Waals surface area contributed by atoms with E-state index in [1.165, 1.54) is 0 Å². The summed E-state index contributed by atoms with van der Waals surface area (Å²) in [6, 6.07) is 15.7. The van der Waals surface area contributed by atoms with Crippen LogP contribution in [0, 0.1) is 20.8 Å². The topological polar surface area (TPSA) is 90.0 Å². The summed E-state index contributed by atoms with van der Waals surface area (Å²) in [6.07, 6.45) is 2.72. The van der Waals surface area contributed by atoms with Gasteiger partial charge in [-0.05, 0) is 80.9 Å². The van der Waals surface area contributed by atoms with Gasteiger partial charge in [-0.3, -0.25) is 10.3 Å². The number of aryl methyl sites for hydroxylation is 3. The SMILES string of the molecule is Cc1cc(C)nc(NC(=NCCc2c[nH]c3ccc(Cl)cc23)NC(=S)Nc2ccccc2C)n1. The highest BCUT2D eigenvalue weighted by Gasteiger charge is 2.09. The van der Waals surface area contributed by atoms with E-state index in [2.05, 4.69) is 30.9 Å². The second-order valence-electron chi connectivity index (χ2n) is 7.98. The fourth-order valence-corrected chi connectivity index (χ4v) is 4.00. The second kappa shape index (κ2) is 10.6. The lowest BCUT2D eigenvalue weighted by Gasteiger charge is -2.15. The zero-order chi connectivity index (χ0) is 24.1. The van der Waals surface area contributed by atoms with Crippen LogP contribution < -0.4 is 16.0 Å². The number of anilines is 2. The summed E-state index contributed by atoms with van der Waals surface area (Å²) in [6.45, 7) is 6.40. The summed E-state index contributed by atoms with van der Waals surface area (Å²) in [4.78, 5) is 16.9. The van der Waals surface area contributed by atoms with Crippen LogP contribution in [0.15, 0.2) is 59.7 Å². The summed E-state index contributed by atoms with van der Waals surface area (Å²) in [5, 5.41) is 11.8. The van der Waals surface area contributed by atoms with Gasteiger partial charge < -0.3 is 15.6 Å². The van der Waals surface area contributed by atoms with Gasteiger partial charge in [0.1, 0.15) is 0 Å². The van der Waals surface area contributed by atoms with Gasteiger partial charge in [-0.2, -0.15) is 0 Å². The molecule has 9 heteroatoms. The predicted octanol–water partition coefficient (Wildman–Crippen LogP) is 5.53. The Morgan fingerprint density at radius 2 is 1.79 bits per heavy atom. The number of benzene rings is 2. The van der Waals surface area contributed by atoms with Gasteiger partial charge in [0.2, 0.25) is 11.9 Å². The average molecular weight is 492 g/mol. The third-order valence-electron chi connectivity index (χ3n) is 5.22. The summed E-state index contributed by atoms with van der Waals surface area (Å²) in [5.41, 5.74) is 5.94. The van der Waals surface area contributed by atoms with Crippen LogP contribution in [0.1, 0.15) is 22.5 Å². The molecule has 0 radical (unpaired) electrons. The maximum Gasteiger partial charge on any atom is 0.229 e. The lowest BCUT2D eigenvalue weighted by Crippen LogP contribution is -2.39. The Balaban J connectivity index is 1.52. The number of para-hydroxylation sites is 1. The molecular formula is C25H26ClN7S. The highest BCUT2D eigenvalue weighted by molar-refractivity contribution is 7.80. The maximum absolute atomic E-state index is 6.19. The first-order valence-electron chi connectivity index (χ1n) is 10.9. The van der Waals surface area contributed by atoms with Gasteiger partial charge in [-0.1, -0.05) is 29.8 Å². The molecule has 2 aromatic heterocycles. The molecule has 0 atom stereocenters. The van der Waals surface area contributed by atoms with Crippen molar-refractivity contribution in [2.24, 2.45) is 4.99 Å². The van der Waals surface area contributed by atoms with Crippen LogP contribution in [-0.4, -0.2) is 32.6 Å². The molecule has 0 aliphatic rings. The third-order valence-corrected chi connectivity index (χ3v) is 5.66. The lowest BCUT2D eigenvalue weighted by molar-refractivity contribution is 0.963. The number of guanidine groups is 1. The molecule has 34 heavy (non-hydrogen) atoms. The molecule has 7 nitrogen and oxygen atoms in total. The molecule has 4 rings (SSSR count). The van der Waals surface area contributed by atoms with Gasteiger partial charge >= 0.3 is 0 Å². The van der Waals surface area contributed by atoms with Gasteiger partial charge in [0, 0.05) is 45.7 Å². The highest BCUT2D eigenvalue weighted by atomic mass is 35.5. The molecule has 0 bridgehead atoms. The number of aromatic amines is 1. The van der Waals surface area contributed by atoms with E-state index in [1.807, 2.05) is 75.5 Å².